The zero-order valence-electron chi connectivity index (χ0n) is 9.26. The molecule has 0 amide bonds. The molecule has 14 heavy (non-hydrogen) atoms. The van der Waals surface area contributed by atoms with E-state index in [0.717, 1.165) is 25.7 Å². The zero-order valence-corrected chi connectivity index (χ0v) is 12.4. The van der Waals surface area contributed by atoms with Gasteiger partial charge in [-0.2, -0.15) is 0 Å². The average molecular weight is 222 g/mol. The van der Waals surface area contributed by atoms with Crippen molar-refractivity contribution in [3.05, 3.63) is 12.7 Å². The van der Waals surface area contributed by atoms with Gasteiger partial charge in [0, 0.05) is 5.97 Å². The van der Waals surface area contributed by atoms with Gasteiger partial charge in [0.1, 0.15) is 0 Å². The number of allylic oxidation sites excluding steroid dienone is 1. The molecular formula is C11H19KO2. The van der Waals surface area contributed by atoms with Gasteiger partial charge in [-0.05, 0) is 25.7 Å². The van der Waals surface area contributed by atoms with E-state index in [1.165, 1.54) is 19.3 Å². The fourth-order valence-corrected chi connectivity index (χ4v) is 1.27. The Morgan fingerprint density at radius 1 is 1.07 bits per heavy atom. The zero-order chi connectivity index (χ0) is 9.94. The van der Waals surface area contributed by atoms with Gasteiger partial charge in [0.15, 0.2) is 0 Å². The van der Waals surface area contributed by atoms with Crippen molar-refractivity contribution in [1.82, 2.24) is 0 Å². The van der Waals surface area contributed by atoms with E-state index in [1.54, 1.807) is 0 Å². The first-order chi connectivity index (χ1) is 6.27. The number of aliphatic carboxylic acids is 1. The summed E-state index contributed by atoms with van der Waals surface area (Å²) in [4.78, 5) is 10.1. The van der Waals surface area contributed by atoms with Crippen molar-refractivity contribution in [2.45, 2.75) is 51.4 Å². The molecule has 0 aliphatic carbocycles. The molecule has 0 bridgehead atoms. The minimum absolute atomic E-state index is 0. The first-order valence-electron chi connectivity index (χ1n) is 5.08. The second-order valence-electron chi connectivity index (χ2n) is 3.32. The van der Waals surface area contributed by atoms with Gasteiger partial charge < -0.3 is 9.90 Å². The number of carbonyl (C=O) groups excluding carboxylic acids is 1. The van der Waals surface area contributed by atoms with Gasteiger partial charge in [-0.25, -0.2) is 0 Å². The summed E-state index contributed by atoms with van der Waals surface area (Å²) in [5.41, 5.74) is 0. The van der Waals surface area contributed by atoms with Gasteiger partial charge in [0.2, 0.25) is 0 Å². The van der Waals surface area contributed by atoms with Gasteiger partial charge in [0.25, 0.3) is 0 Å². The fraction of sp³-hybridized carbons (Fsp3) is 0.727. The number of unbranched alkanes of at least 4 members (excludes halogenated alkanes) is 6. The second-order valence-corrected chi connectivity index (χ2v) is 3.32. The minimum atomic E-state index is -0.924. The summed E-state index contributed by atoms with van der Waals surface area (Å²) in [5, 5.41) is 10.1. The summed E-state index contributed by atoms with van der Waals surface area (Å²) < 4.78 is 0. The molecule has 0 rings (SSSR count). The molecule has 0 aromatic rings. The van der Waals surface area contributed by atoms with Crippen LogP contribution in [0.3, 0.4) is 0 Å². The van der Waals surface area contributed by atoms with E-state index in [1.807, 2.05) is 6.08 Å². The van der Waals surface area contributed by atoms with Crippen molar-refractivity contribution >= 4 is 5.97 Å². The Bertz CT molecular complexity index is 146. The van der Waals surface area contributed by atoms with E-state index in [2.05, 4.69) is 6.58 Å². The molecule has 0 fully saturated rings. The Morgan fingerprint density at radius 2 is 1.57 bits per heavy atom. The largest absolute Gasteiger partial charge is 1.00 e. The first-order valence-corrected chi connectivity index (χ1v) is 5.08. The molecule has 2 nitrogen and oxygen atoms in total. The molecule has 0 unspecified atom stereocenters. The maximum atomic E-state index is 10.1. The average Bonchev–Trinajstić information content (AvgIpc) is 2.09. The topological polar surface area (TPSA) is 40.1 Å². The number of carbonyl (C=O) groups is 1. The van der Waals surface area contributed by atoms with Gasteiger partial charge in [-0.3, -0.25) is 0 Å². The maximum absolute atomic E-state index is 10.1. The third-order valence-corrected chi connectivity index (χ3v) is 2.04. The van der Waals surface area contributed by atoms with E-state index in [4.69, 9.17) is 0 Å². The third kappa shape index (κ3) is 15.3. The molecule has 0 aromatic heterocycles. The van der Waals surface area contributed by atoms with Crippen molar-refractivity contribution in [3.63, 3.8) is 0 Å². The summed E-state index contributed by atoms with van der Waals surface area (Å²) in [5.74, 6) is -0.924. The summed E-state index contributed by atoms with van der Waals surface area (Å²) in [7, 11) is 0. The molecule has 3 heteroatoms. The van der Waals surface area contributed by atoms with Crippen LogP contribution in [-0.4, -0.2) is 5.97 Å². The Morgan fingerprint density at radius 3 is 2.07 bits per heavy atom. The summed E-state index contributed by atoms with van der Waals surface area (Å²) >= 11 is 0. The number of carboxylic acids is 1. The second kappa shape index (κ2) is 13.8. The predicted molar refractivity (Wildman–Crippen MR) is 52.1 cm³/mol. The van der Waals surface area contributed by atoms with Crippen molar-refractivity contribution < 1.29 is 61.3 Å². The van der Waals surface area contributed by atoms with Crippen LogP contribution in [0.4, 0.5) is 0 Å². The maximum Gasteiger partial charge on any atom is 1.00 e. The molecule has 0 heterocycles. The smallest absolute Gasteiger partial charge is 0.550 e. The molecule has 0 radical (unpaired) electrons. The van der Waals surface area contributed by atoms with E-state index in [-0.39, 0.29) is 57.8 Å². The molecule has 0 saturated heterocycles. The van der Waals surface area contributed by atoms with Gasteiger partial charge in [-0.1, -0.05) is 31.8 Å². The van der Waals surface area contributed by atoms with Gasteiger partial charge >= 0.3 is 51.4 Å². The van der Waals surface area contributed by atoms with Gasteiger partial charge in [0.05, 0.1) is 0 Å². The first kappa shape index (κ1) is 17.2. The SMILES string of the molecule is C=CCCCCCCCCC(=O)[O-].[K+]. The quantitative estimate of drug-likeness (QED) is 0.287. The molecule has 0 saturated carbocycles. The van der Waals surface area contributed by atoms with Crippen LogP contribution in [0.25, 0.3) is 0 Å². The molecule has 0 aliphatic heterocycles. The molecule has 76 valence electrons. The molecular weight excluding hydrogens is 203 g/mol. The van der Waals surface area contributed by atoms with E-state index in [0.29, 0.717) is 0 Å². The Kier molecular flexibility index (Phi) is 17.1. The van der Waals surface area contributed by atoms with Crippen LogP contribution in [0.5, 0.6) is 0 Å². The number of hydrogen-bond acceptors (Lipinski definition) is 2. The normalized spacial score (nSPS) is 9.14. The van der Waals surface area contributed by atoms with E-state index in [9.17, 15) is 9.90 Å². The number of rotatable bonds is 9. The molecule has 0 N–H and O–H groups in total. The van der Waals surface area contributed by atoms with Crippen molar-refractivity contribution in [3.8, 4) is 0 Å². The third-order valence-electron chi connectivity index (χ3n) is 2.04. The molecule has 0 spiro atoms. The number of carboxylic acid groups (broad SMARTS) is 1. The molecule has 0 aliphatic rings. The predicted octanol–water partition coefficient (Wildman–Crippen LogP) is -0.953. The monoisotopic (exact) mass is 222 g/mol. The Labute approximate surface area is 130 Å². The molecule has 0 atom stereocenters. The van der Waals surface area contributed by atoms with Gasteiger partial charge in [-0.15, -0.1) is 6.58 Å². The van der Waals surface area contributed by atoms with E-state index < -0.39 is 5.97 Å². The molecule has 0 aromatic carbocycles. The summed E-state index contributed by atoms with van der Waals surface area (Å²) in [6.07, 6.45) is 9.83. The fourth-order valence-electron chi connectivity index (χ4n) is 1.27. The van der Waals surface area contributed by atoms with Crippen LogP contribution < -0.4 is 56.5 Å². The van der Waals surface area contributed by atoms with Crippen molar-refractivity contribution in [1.29, 1.82) is 0 Å². The summed E-state index contributed by atoms with van der Waals surface area (Å²) in [6, 6.07) is 0. The van der Waals surface area contributed by atoms with Crippen molar-refractivity contribution in [2.75, 3.05) is 0 Å². The summed E-state index contributed by atoms with van der Waals surface area (Å²) in [6.45, 7) is 3.66. The Hall–Kier alpha value is 0.846. The van der Waals surface area contributed by atoms with Crippen LogP contribution >= 0.6 is 0 Å². The minimum Gasteiger partial charge on any atom is -0.550 e. The van der Waals surface area contributed by atoms with Crippen LogP contribution in [0.15, 0.2) is 12.7 Å². The van der Waals surface area contributed by atoms with Crippen LogP contribution in [0.2, 0.25) is 0 Å². The van der Waals surface area contributed by atoms with Crippen LogP contribution in [-0.2, 0) is 4.79 Å². The Balaban J connectivity index is 0. The van der Waals surface area contributed by atoms with Crippen LogP contribution in [0.1, 0.15) is 51.4 Å². The standard InChI is InChI=1S/C11H20O2.K/c1-2-3-4-5-6-7-8-9-10-11(12)13;/h2H,1,3-10H2,(H,12,13);/q;+1/p-1. The van der Waals surface area contributed by atoms with E-state index >= 15 is 0 Å². The van der Waals surface area contributed by atoms with Crippen molar-refractivity contribution in [2.24, 2.45) is 0 Å². The van der Waals surface area contributed by atoms with Crippen LogP contribution in [0, 0.1) is 0 Å². The number of hydrogen-bond donors (Lipinski definition) is 0.